The van der Waals surface area contributed by atoms with Gasteiger partial charge in [-0.2, -0.15) is 0 Å². The van der Waals surface area contributed by atoms with E-state index in [9.17, 15) is 4.79 Å². The van der Waals surface area contributed by atoms with E-state index < -0.39 is 0 Å². The van der Waals surface area contributed by atoms with Crippen molar-refractivity contribution < 1.29 is 9.21 Å². The van der Waals surface area contributed by atoms with Crippen molar-refractivity contribution in [1.82, 2.24) is 10.6 Å². The molecule has 1 heterocycles. The highest BCUT2D eigenvalue weighted by Gasteiger charge is 2.00. The van der Waals surface area contributed by atoms with Crippen LogP contribution in [-0.2, 0) is 11.3 Å². The third-order valence-electron chi connectivity index (χ3n) is 2.00. The van der Waals surface area contributed by atoms with Gasteiger partial charge in [0, 0.05) is 19.5 Å². The number of nitrogens with one attached hydrogen (secondary N) is 2. The highest BCUT2D eigenvalue weighted by Crippen LogP contribution is 2.05. The molecule has 0 bridgehead atoms. The molecule has 0 aliphatic heterocycles. The van der Waals surface area contributed by atoms with E-state index >= 15 is 0 Å². The second-order valence-electron chi connectivity index (χ2n) is 3.39. The van der Waals surface area contributed by atoms with Gasteiger partial charge in [0.15, 0.2) is 0 Å². The minimum Gasteiger partial charge on any atom is -0.465 e. The summed E-state index contributed by atoms with van der Waals surface area (Å²) in [7, 11) is 0. The van der Waals surface area contributed by atoms with Gasteiger partial charge in [-0.1, -0.05) is 0 Å². The SMILES string of the molecule is CCNC(=O)CCNCc1ccc(C)o1. The molecule has 1 amide bonds. The Balaban J connectivity index is 2.09. The van der Waals surface area contributed by atoms with E-state index in [1.165, 1.54) is 0 Å². The predicted octanol–water partition coefficient (Wildman–Crippen LogP) is 1.20. The largest absolute Gasteiger partial charge is 0.465 e. The highest BCUT2D eigenvalue weighted by molar-refractivity contribution is 5.75. The zero-order valence-corrected chi connectivity index (χ0v) is 9.30. The zero-order chi connectivity index (χ0) is 11.1. The molecule has 0 radical (unpaired) electrons. The van der Waals surface area contributed by atoms with E-state index in [1.54, 1.807) is 0 Å². The van der Waals surface area contributed by atoms with Crippen LogP contribution in [0.2, 0.25) is 0 Å². The van der Waals surface area contributed by atoms with Crippen molar-refractivity contribution in [3.8, 4) is 0 Å². The van der Waals surface area contributed by atoms with Crippen LogP contribution in [0.15, 0.2) is 16.5 Å². The molecule has 0 fully saturated rings. The number of aryl methyl sites for hydroxylation is 1. The Hall–Kier alpha value is -1.29. The lowest BCUT2D eigenvalue weighted by molar-refractivity contribution is -0.120. The molecule has 0 aliphatic rings. The maximum Gasteiger partial charge on any atom is 0.221 e. The van der Waals surface area contributed by atoms with Gasteiger partial charge >= 0.3 is 0 Å². The number of furan rings is 1. The molecule has 0 aromatic carbocycles. The van der Waals surface area contributed by atoms with Crippen LogP contribution in [0, 0.1) is 6.92 Å². The summed E-state index contributed by atoms with van der Waals surface area (Å²) in [6.45, 7) is 5.87. The van der Waals surface area contributed by atoms with E-state index in [4.69, 9.17) is 4.42 Å². The van der Waals surface area contributed by atoms with Crippen molar-refractivity contribution >= 4 is 5.91 Å². The first-order valence-corrected chi connectivity index (χ1v) is 5.25. The molecule has 1 rings (SSSR count). The van der Waals surface area contributed by atoms with E-state index in [-0.39, 0.29) is 5.91 Å². The lowest BCUT2D eigenvalue weighted by Crippen LogP contribution is -2.27. The molecule has 0 saturated heterocycles. The molecular formula is C11H18N2O2. The lowest BCUT2D eigenvalue weighted by atomic mass is 10.3. The standard InChI is InChI=1S/C11H18N2O2/c1-3-13-11(14)6-7-12-8-10-5-4-9(2)15-10/h4-5,12H,3,6-8H2,1-2H3,(H,13,14). The fourth-order valence-corrected chi connectivity index (χ4v) is 1.28. The number of hydrogen-bond acceptors (Lipinski definition) is 3. The summed E-state index contributed by atoms with van der Waals surface area (Å²) in [6.07, 6.45) is 0.507. The summed E-state index contributed by atoms with van der Waals surface area (Å²) in [6, 6.07) is 3.87. The molecule has 0 atom stereocenters. The highest BCUT2D eigenvalue weighted by atomic mass is 16.3. The van der Waals surface area contributed by atoms with Crippen LogP contribution in [-0.4, -0.2) is 19.0 Å². The minimum absolute atomic E-state index is 0.0839. The number of carbonyl (C=O) groups is 1. The molecule has 0 saturated carbocycles. The summed E-state index contributed by atoms with van der Waals surface area (Å²) in [5.41, 5.74) is 0. The minimum atomic E-state index is 0.0839. The molecule has 1 aromatic rings. The van der Waals surface area contributed by atoms with Gasteiger partial charge in [-0.3, -0.25) is 4.79 Å². The fourth-order valence-electron chi connectivity index (χ4n) is 1.28. The van der Waals surface area contributed by atoms with E-state index in [2.05, 4.69) is 10.6 Å². The van der Waals surface area contributed by atoms with Crippen molar-refractivity contribution in [3.63, 3.8) is 0 Å². The van der Waals surface area contributed by atoms with Crippen molar-refractivity contribution in [2.24, 2.45) is 0 Å². The molecular weight excluding hydrogens is 192 g/mol. The maximum absolute atomic E-state index is 11.1. The second kappa shape index (κ2) is 6.24. The van der Waals surface area contributed by atoms with Crippen LogP contribution in [0.25, 0.3) is 0 Å². The molecule has 4 nitrogen and oxygen atoms in total. The second-order valence-corrected chi connectivity index (χ2v) is 3.39. The normalized spacial score (nSPS) is 10.3. The van der Waals surface area contributed by atoms with Crippen LogP contribution in [0.5, 0.6) is 0 Å². The number of hydrogen-bond donors (Lipinski definition) is 2. The summed E-state index contributed by atoms with van der Waals surface area (Å²) in [5.74, 6) is 1.90. The van der Waals surface area contributed by atoms with Gasteiger partial charge in [0.25, 0.3) is 0 Å². The maximum atomic E-state index is 11.1. The van der Waals surface area contributed by atoms with Crippen molar-refractivity contribution in [2.75, 3.05) is 13.1 Å². The third-order valence-corrected chi connectivity index (χ3v) is 2.00. The number of rotatable bonds is 6. The lowest BCUT2D eigenvalue weighted by Gasteiger charge is -2.03. The van der Waals surface area contributed by atoms with E-state index in [0.29, 0.717) is 26.1 Å². The van der Waals surface area contributed by atoms with E-state index in [0.717, 1.165) is 11.5 Å². The van der Waals surface area contributed by atoms with Crippen LogP contribution in [0.4, 0.5) is 0 Å². The quantitative estimate of drug-likeness (QED) is 0.694. The number of carbonyl (C=O) groups excluding carboxylic acids is 1. The smallest absolute Gasteiger partial charge is 0.221 e. The van der Waals surface area contributed by atoms with Crippen LogP contribution in [0.1, 0.15) is 24.9 Å². The summed E-state index contributed by atoms with van der Waals surface area (Å²) >= 11 is 0. The molecule has 15 heavy (non-hydrogen) atoms. The van der Waals surface area contributed by atoms with Crippen molar-refractivity contribution in [1.29, 1.82) is 0 Å². The molecule has 0 spiro atoms. The van der Waals surface area contributed by atoms with Gasteiger partial charge in [0.1, 0.15) is 11.5 Å². The third kappa shape index (κ3) is 4.65. The molecule has 1 aromatic heterocycles. The number of amides is 1. The Morgan fingerprint density at radius 2 is 2.27 bits per heavy atom. The van der Waals surface area contributed by atoms with Crippen LogP contribution in [0.3, 0.4) is 0 Å². The average molecular weight is 210 g/mol. The Labute approximate surface area is 90.0 Å². The van der Waals surface area contributed by atoms with Crippen molar-refractivity contribution in [2.45, 2.75) is 26.8 Å². The Bertz CT molecular complexity index is 307. The summed E-state index contributed by atoms with van der Waals surface area (Å²) < 4.78 is 5.37. The zero-order valence-electron chi connectivity index (χ0n) is 9.30. The Morgan fingerprint density at radius 3 is 2.87 bits per heavy atom. The van der Waals surface area contributed by atoms with Gasteiger partial charge in [0.2, 0.25) is 5.91 Å². The van der Waals surface area contributed by atoms with Gasteiger partial charge in [-0.15, -0.1) is 0 Å². The first-order chi connectivity index (χ1) is 7.22. The van der Waals surface area contributed by atoms with Crippen LogP contribution >= 0.6 is 0 Å². The first-order valence-electron chi connectivity index (χ1n) is 5.25. The van der Waals surface area contributed by atoms with Crippen molar-refractivity contribution in [3.05, 3.63) is 23.7 Å². The average Bonchev–Trinajstić information content (AvgIpc) is 2.60. The summed E-state index contributed by atoms with van der Waals surface area (Å²) in [5, 5.41) is 5.90. The fraction of sp³-hybridized carbons (Fsp3) is 0.545. The molecule has 84 valence electrons. The predicted molar refractivity (Wildman–Crippen MR) is 58.5 cm³/mol. The first kappa shape index (κ1) is 11.8. The summed E-state index contributed by atoms with van der Waals surface area (Å²) in [4.78, 5) is 11.1. The molecule has 0 unspecified atom stereocenters. The van der Waals surface area contributed by atoms with Crippen LogP contribution < -0.4 is 10.6 Å². The van der Waals surface area contributed by atoms with E-state index in [1.807, 2.05) is 26.0 Å². The van der Waals surface area contributed by atoms with Gasteiger partial charge in [-0.05, 0) is 26.0 Å². The molecule has 4 heteroatoms. The monoisotopic (exact) mass is 210 g/mol. The molecule has 2 N–H and O–H groups in total. The Morgan fingerprint density at radius 1 is 1.47 bits per heavy atom. The Kier molecular flexibility index (Phi) is 4.90. The van der Waals surface area contributed by atoms with Gasteiger partial charge in [-0.25, -0.2) is 0 Å². The topological polar surface area (TPSA) is 54.3 Å². The molecule has 0 aliphatic carbocycles. The van der Waals surface area contributed by atoms with Gasteiger partial charge in [0.05, 0.1) is 6.54 Å². The van der Waals surface area contributed by atoms with Gasteiger partial charge < -0.3 is 15.1 Å².